The molecule has 1 aliphatic carbocycles. The lowest BCUT2D eigenvalue weighted by atomic mass is 10.0. The molecule has 0 spiro atoms. The molecular formula is C12H12ClFN2O. The maximum atomic E-state index is 13.0. The summed E-state index contributed by atoms with van der Waals surface area (Å²) in [6, 6.07) is 1.19. The second kappa shape index (κ2) is 5.27. The van der Waals surface area contributed by atoms with Crippen LogP contribution in [-0.2, 0) is 0 Å². The van der Waals surface area contributed by atoms with Crippen LogP contribution in [0.3, 0.4) is 0 Å². The zero-order valence-electron chi connectivity index (χ0n) is 9.12. The third-order valence-electron chi connectivity index (χ3n) is 2.65. The summed E-state index contributed by atoms with van der Waals surface area (Å²) >= 11 is 5.76. The fraction of sp³-hybridized carbons (Fsp3) is 0.333. The van der Waals surface area contributed by atoms with E-state index in [1.165, 1.54) is 0 Å². The Kier molecular flexibility index (Phi) is 3.74. The van der Waals surface area contributed by atoms with Gasteiger partial charge in [-0.1, -0.05) is 23.8 Å². The van der Waals surface area contributed by atoms with Gasteiger partial charge in [-0.25, -0.2) is 9.37 Å². The molecule has 1 aliphatic rings. The largest absolute Gasteiger partial charge is 0.349 e. The lowest BCUT2D eigenvalue weighted by molar-refractivity contribution is 0.0934. The van der Waals surface area contributed by atoms with Crippen LogP contribution in [0.5, 0.6) is 0 Å². The number of allylic oxidation sites excluding steroid dienone is 1. The number of pyridine rings is 1. The Morgan fingerprint density at radius 1 is 1.53 bits per heavy atom. The Balaban J connectivity index is 2.08. The maximum absolute atomic E-state index is 13.0. The van der Waals surface area contributed by atoms with Gasteiger partial charge in [0.1, 0.15) is 11.0 Å². The molecular weight excluding hydrogens is 243 g/mol. The van der Waals surface area contributed by atoms with E-state index < -0.39 is 5.82 Å². The van der Waals surface area contributed by atoms with Gasteiger partial charge in [-0.05, 0) is 25.3 Å². The predicted molar refractivity (Wildman–Crippen MR) is 63.5 cm³/mol. The molecule has 1 heterocycles. The van der Waals surface area contributed by atoms with E-state index in [9.17, 15) is 9.18 Å². The van der Waals surface area contributed by atoms with Crippen LogP contribution in [-0.4, -0.2) is 16.9 Å². The van der Waals surface area contributed by atoms with Crippen molar-refractivity contribution in [2.45, 2.75) is 25.3 Å². The molecule has 2 rings (SSSR count). The third kappa shape index (κ3) is 3.03. The van der Waals surface area contributed by atoms with Crippen molar-refractivity contribution in [1.82, 2.24) is 10.3 Å². The van der Waals surface area contributed by atoms with E-state index in [1.54, 1.807) is 0 Å². The van der Waals surface area contributed by atoms with Crippen molar-refractivity contribution in [3.8, 4) is 0 Å². The zero-order valence-corrected chi connectivity index (χ0v) is 9.88. The first-order valence-corrected chi connectivity index (χ1v) is 5.81. The van der Waals surface area contributed by atoms with Gasteiger partial charge in [0.2, 0.25) is 0 Å². The Morgan fingerprint density at radius 2 is 2.35 bits per heavy atom. The van der Waals surface area contributed by atoms with Gasteiger partial charge in [-0.2, -0.15) is 0 Å². The third-order valence-corrected chi connectivity index (χ3v) is 2.96. The van der Waals surface area contributed by atoms with E-state index in [-0.39, 0.29) is 22.7 Å². The maximum Gasteiger partial charge on any atom is 0.254 e. The number of aromatic nitrogens is 1. The number of nitrogens with zero attached hydrogens (tertiary/aromatic N) is 1. The molecule has 1 atom stereocenters. The Hall–Kier alpha value is -1.42. The highest BCUT2D eigenvalue weighted by atomic mass is 35.5. The lowest BCUT2D eigenvalue weighted by Crippen LogP contribution is -2.35. The SMILES string of the molecule is O=C(NC1CC=CCC1)c1cc(F)cnc1Cl. The molecule has 1 N–H and O–H groups in total. The van der Waals surface area contributed by atoms with Gasteiger partial charge in [0.15, 0.2) is 0 Å². The Bertz CT molecular complexity index is 462. The Morgan fingerprint density at radius 3 is 3.06 bits per heavy atom. The van der Waals surface area contributed by atoms with Crippen LogP contribution >= 0.6 is 11.6 Å². The summed E-state index contributed by atoms with van der Waals surface area (Å²) < 4.78 is 13.0. The van der Waals surface area contributed by atoms with E-state index >= 15 is 0 Å². The van der Waals surface area contributed by atoms with Crippen LogP contribution < -0.4 is 5.32 Å². The van der Waals surface area contributed by atoms with Gasteiger partial charge in [0.25, 0.3) is 5.91 Å². The van der Waals surface area contributed by atoms with Crippen LogP contribution in [0.4, 0.5) is 4.39 Å². The van der Waals surface area contributed by atoms with Gasteiger partial charge >= 0.3 is 0 Å². The van der Waals surface area contributed by atoms with E-state index in [1.807, 2.05) is 6.08 Å². The van der Waals surface area contributed by atoms with Gasteiger partial charge in [-0.15, -0.1) is 0 Å². The fourth-order valence-corrected chi connectivity index (χ4v) is 1.96. The average molecular weight is 255 g/mol. The normalized spacial score (nSPS) is 19.1. The topological polar surface area (TPSA) is 42.0 Å². The van der Waals surface area contributed by atoms with E-state index in [2.05, 4.69) is 16.4 Å². The minimum atomic E-state index is -0.567. The molecule has 1 unspecified atom stereocenters. The molecule has 0 radical (unpaired) electrons. The number of rotatable bonds is 2. The molecule has 0 saturated carbocycles. The number of nitrogens with one attached hydrogen (secondary N) is 1. The smallest absolute Gasteiger partial charge is 0.254 e. The standard InChI is InChI=1S/C12H12ClFN2O/c13-11-10(6-8(14)7-15-11)12(17)16-9-4-2-1-3-5-9/h1-2,6-7,9H,3-5H2,(H,16,17). The van der Waals surface area contributed by atoms with Gasteiger partial charge in [-0.3, -0.25) is 4.79 Å². The molecule has 3 nitrogen and oxygen atoms in total. The van der Waals surface area contributed by atoms with Crippen molar-refractivity contribution in [3.63, 3.8) is 0 Å². The first kappa shape index (κ1) is 12.0. The van der Waals surface area contributed by atoms with Crippen molar-refractivity contribution in [3.05, 3.63) is 40.9 Å². The summed E-state index contributed by atoms with van der Waals surface area (Å²) in [6.07, 6.45) is 7.73. The molecule has 1 aromatic rings. The van der Waals surface area contributed by atoms with Crippen LogP contribution in [0, 0.1) is 5.82 Å². The van der Waals surface area contributed by atoms with E-state index in [4.69, 9.17) is 11.6 Å². The van der Waals surface area contributed by atoms with Gasteiger partial charge in [0, 0.05) is 6.04 Å². The quantitative estimate of drug-likeness (QED) is 0.651. The number of carbonyl (C=O) groups excluding carboxylic acids is 1. The monoisotopic (exact) mass is 254 g/mol. The second-order valence-corrected chi connectivity index (χ2v) is 4.30. The molecule has 90 valence electrons. The Labute approximate surface area is 104 Å². The summed E-state index contributed by atoms with van der Waals surface area (Å²) in [5.74, 6) is -0.939. The van der Waals surface area contributed by atoms with Crippen molar-refractivity contribution in [2.24, 2.45) is 0 Å². The van der Waals surface area contributed by atoms with Gasteiger partial charge < -0.3 is 5.32 Å². The average Bonchev–Trinajstić information content (AvgIpc) is 2.33. The van der Waals surface area contributed by atoms with Crippen molar-refractivity contribution in [1.29, 1.82) is 0 Å². The summed E-state index contributed by atoms with van der Waals surface area (Å²) in [4.78, 5) is 15.5. The van der Waals surface area contributed by atoms with E-state index in [0.717, 1.165) is 31.5 Å². The molecule has 0 saturated heterocycles. The molecule has 0 fully saturated rings. The highest BCUT2D eigenvalue weighted by Gasteiger charge is 2.17. The summed E-state index contributed by atoms with van der Waals surface area (Å²) in [5.41, 5.74) is 0.0845. The molecule has 1 amide bonds. The number of hydrogen-bond donors (Lipinski definition) is 1. The fourth-order valence-electron chi connectivity index (χ4n) is 1.77. The van der Waals surface area contributed by atoms with Crippen molar-refractivity contribution >= 4 is 17.5 Å². The highest BCUT2D eigenvalue weighted by Crippen LogP contribution is 2.16. The minimum Gasteiger partial charge on any atom is -0.349 e. The van der Waals surface area contributed by atoms with Crippen LogP contribution in [0.15, 0.2) is 24.4 Å². The summed E-state index contributed by atoms with van der Waals surface area (Å²) in [5, 5.41) is 2.85. The molecule has 0 bridgehead atoms. The number of carbonyl (C=O) groups is 1. The van der Waals surface area contributed by atoms with Crippen LogP contribution in [0.1, 0.15) is 29.6 Å². The number of halogens is 2. The minimum absolute atomic E-state index is 0.0234. The van der Waals surface area contributed by atoms with Gasteiger partial charge in [0.05, 0.1) is 11.8 Å². The van der Waals surface area contributed by atoms with E-state index in [0.29, 0.717) is 0 Å². The highest BCUT2D eigenvalue weighted by molar-refractivity contribution is 6.32. The molecule has 5 heteroatoms. The molecule has 17 heavy (non-hydrogen) atoms. The molecule has 0 aliphatic heterocycles. The zero-order chi connectivity index (χ0) is 12.3. The predicted octanol–water partition coefficient (Wildman–Crippen LogP) is 2.71. The van der Waals surface area contributed by atoms with Crippen molar-refractivity contribution in [2.75, 3.05) is 0 Å². The van der Waals surface area contributed by atoms with Crippen molar-refractivity contribution < 1.29 is 9.18 Å². The first-order chi connectivity index (χ1) is 8.16. The summed E-state index contributed by atoms with van der Waals surface area (Å²) in [6.45, 7) is 0. The number of hydrogen-bond acceptors (Lipinski definition) is 2. The first-order valence-electron chi connectivity index (χ1n) is 5.43. The van der Waals surface area contributed by atoms with Crippen LogP contribution in [0.2, 0.25) is 5.15 Å². The number of amides is 1. The van der Waals surface area contributed by atoms with Crippen LogP contribution in [0.25, 0.3) is 0 Å². The second-order valence-electron chi connectivity index (χ2n) is 3.95. The summed E-state index contributed by atoms with van der Waals surface area (Å²) in [7, 11) is 0. The molecule has 1 aromatic heterocycles. The molecule has 0 aromatic carbocycles. The lowest BCUT2D eigenvalue weighted by Gasteiger charge is -2.19.